The summed E-state index contributed by atoms with van der Waals surface area (Å²) in [5, 5.41) is 13.0. The second-order valence-electron chi connectivity index (χ2n) is 5.32. The first-order valence-corrected chi connectivity index (χ1v) is 7.67. The van der Waals surface area contributed by atoms with Gasteiger partial charge in [0.1, 0.15) is 0 Å². The lowest BCUT2D eigenvalue weighted by Gasteiger charge is -2.11. The largest absolute Gasteiger partial charge is 0.481 e. The van der Waals surface area contributed by atoms with Gasteiger partial charge in [0.15, 0.2) is 0 Å². The molecule has 0 aromatic heterocycles. The van der Waals surface area contributed by atoms with E-state index in [1.165, 1.54) is 0 Å². The van der Waals surface area contributed by atoms with E-state index in [-0.39, 0.29) is 17.7 Å². The average molecular weight is 330 g/mol. The molecule has 1 aliphatic carbocycles. The molecule has 1 fully saturated rings. The van der Waals surface area contributed by atoms with Crippen LogP contribution >= 0.6 is 23.2 Å². The maximum Gasteiger partial charge on any atom is 0.306 e. The average Bonchev–Trinajstić information content (AvgIpc) is 2.91. The number of halogens is 2. The highest BCUT2D eigenvalue weighted by atomic mass is 35.5. The first-order chi connectivity index (χ1) is 9.97. The quantitative estimate of drug-likeness (QED) is 0.871. The zero-order chi connectivity index (χ0) is 15.4. The number of hydrogen-bond acceptors (Lipinski definition) is 2. The van der Waals surface area contributed by atoms with Crippen molar-refractivity contribution >= 4 is 35.1 Å². The predicted octanol–water partition coefficient (Wildman–Crippen LogP) is 3.15. The van der Waals surface area contributed by atoms with Crippen LogP contribution in [-0.4, -0.2) is 23.5 Å². The molecule has 0 aliphatic heterocycles. The summed E-state index contributed by atoms with van der Waals surface area (Å²) < 4.78 is 0. The van der Waals surface area contributed by atoms with Crippen molar-refractivity contribution in [2.24, 2.45) is 11.8 Å². The molecule has 1 aromatic carbocycles. The Morgan fingerprint density at radius 1 is 1.24 bits per heavy atom. The van der Waals surface area contributed by atoms with E-state index in [0.29, 0.717) is 42.3 Å². The van der Waals surface area contributed by atoms with Crippen LogP contribution in [0.25, 0.3) is 0 Å². The number of hydrogen-bond donors (Lipinski definition) is 2. The summed E-state index contributed by atoms with van der Waals surface area (Å²) in [7, 11) is 0. The molecule has 4 nitrogen and oxygen atoms in total. The van der Waals surface area contributed by atoms with Gasteiger partial charge in [0.05, 0.1) is 5.92 Å². The Bertz CT molecular complexity index is 548. The van der Waals surface area contributed by atoms with Crippen LogP contribution in [0.15, 0.2) is 18.2 Å². The van der Waals surface area contributed by atoms with Crippen LogP contribution in [0, 0.1) is 11.8 Å². The van der Waals surface area contributed by atoms with E-state index in [1.54, 1.807) is 12.1 Å². The molecule has 6 heteroatoms. The molecule has 1 aliphatic rings. The van der Waals surface area contributed by atoms with Crippen LogP contribution in [0.5, 0.6) is 0 Å². The molecule has 0 spiro atoms. The number of rotatable bonds is 5. The number of amides is 1. The molecule has 2 atom stereocenters. The predicted molar refractivity (Wildman–Crippen MR) is 81.6 cm³/mol. The molecular formula is C15H17Cl2NO3. The fourth-order valence-corrected chi connectivity index (χ4v) is 3.14. The number of carboxylic acid groups (broad SMARTS) is 1. The van der Waals surface area contributed by atoms with Crippen LogP contribution < -0.4 is 5.32 Å². The minimum Gasteiger partial charge on any atom is -0.481 e. The molecule has 0 saturated heterocycles. The fraction of sp³-hybridized carbons (Fsp3) is 0.467. The van der Waals surface area contributed by atoms with Crippen molar-refractivity contribution in [3.05, 3.63) is 33.8 Å². The molecule has 2 rings (SSSR count). The Morgan fingerprint density at radius 3 is 2.57 bits per heavy atom. The van der Waals surface area contributed by atoms with Crippen molar-refractivity contribution in [3.8, 4) is 0 Å². The number of benzene rings is 1. The van der Waals surface area contributed by atoms with Crippen molar-refractivity contribution in [1.29, 1.82) is 0 Å². The fourth-order valence-electron chi connectivity index (χ4n) is 2.63. The van der Waals surface area contributed by atoms with Gasteiger partial charge in [-0.3, -0.25) is 9.59 Å². The van der Waals surface area contributed by atoms with Crippen LogP contribution in [0.2, 0.25) is 10.0 Å². The molecule has 2 N–H and O–H groups in total. The maximum absolute atomic E-state index is 12.0. The summed E-state index contributed by atoms with van der Waals surface area (Å²) in [5.74, 6) is -1.44. The maximum atomic E-state index is 12.0. The normalized spacial score (nSPS) is 21.2. The van der Waals surface area contributed by atoms with Crippen LogP contribution in [0.1, 0.15) is 24.8 Å². The van der Waals surface area contributed by atoms with Crippen LogP contribution in [0.4, 0.5) is 0 Å². The first kappa shape index (κ1) is 16.1. The second-order valence-corrected chi connectivity index (χ2v) is 6.17. The summed E-state index contributed by atoms with van der Waals surface area (Å²) in [6.45, 7) is 0.481. The Balaban J connectivity index is 1.78. The molecule has 2 unspecified atom stereocenters. The van der Waals surface area contributed by atoms with Gasteiger partial charge in [-0.1, -0.05) is 29.3 Å². The van der Waals surface area contributed by atoms with Crippen molar-refractivity contribution in [3.63, 3.8) is 0 Å². The lowest BCUT2D eigenvalue weighted by molar-refractivity contribution is -0.141. The number of carbonyl (C=O) groups is 2. The summed E-state index contributed by atoms with van der Waals surface area (Å²) in [6.07, 6.45) is 2.28. The molecule has 1 saturated carbocycles. The second kappa shape index (κ2) is 7.14. The van der Waals surface area contributed by atoms with Gasteiger partial charge in [0.25, 0.3) is 0 Å². The smallest absolute Gasteiger partial charge is 0.306 e. The molecule has 0 radical (unpaired) electrons. The van der Waals surface area contributed by atoms with E-state index < -0.39 is 5.97 Å². The SMILES string of the molecule is O=C(O)C1CCC(C(=O)NCCc2ccc(Cl)cc2Cl)C1. The van der Waals surface area contributed by atoms with E-state index in [1.807, 2.05) is 6.07 Å². The topological polar surface area (TPSA) is 66.4 Å². The van der Waals surface area contributed by atoms with Gasteiger partial charge in [-0.2, -0.15) is 0 Å². The Morgan fingerprint density at radius 2 is 1.95 bits per heavy atom. The first-order valence-electron chi connectivity index (χ1n) is 6.92. The summed E-state index contributed by atoms with van der Waals surface area (Å²) >= 11 is 11.9. The highest BCUT2D eigenvalue weighted by Crippen LogP contribution is 2.31. The Hall–Kier alpha value is -1.26. The molecule has 0 bridgehead atoms. The number of carbonyl (C=O) groups excluding carboxylic acids is 1. The van der Waals surface area contributed by atoms with Gasteiger partial charge in [0.2, 0.25) is 5.91 Å². The lowest BCUT2D eigenvalue weighted by Crippen LogP contribution is -2.31. The standard InChI is InChI=1S/C15H17Cl2NO3/c16-12-4-3-9(13(17)8-12)5-6-18-14(19)10-1-2-11(7-10)15(20)21/h3-4,8,10-11H,1-2,5-7H2,(H,18,19)(H,20,21). The third-order valence-electron chi connectivity index (χ3n) is 3.86. The van der Waals surface area contributed by atoms with Gasteiger partial charge in [-0.15, -0.1) is 0 Å². The van der Waals surface area contributed by atoms with E-state index >= 15 is 0 Å². The van der Waals surface area contributed by atoms with Crippen molar-refractivity contribution in [1.82, 2.24) is 5.32 Å². The molecule has 21 heavy (non-hydrogen) atoms. The highest BCUT2D eigenvalue weighted by molar-refractivity contribution is 6.35. The van der Waals surface area contributed by atoms with Crippen molar-refractivity contribution in [2.45, 2.75) is 25.7 Å². The monoisotopic (exact) mass is 329 g/mol. The zero-order valence-corrected chi connectivity index (χ0v) is 13.0. The molecule has 114 valence electrons. The lowest BCUT2D eigenvalue weighted by atomic mass is 10.0. The van der Waals surface area contributed by atoms with Gasteiger partial charge in [-0.25, -0.2) is 0 Å². The van der Waals surface area contributed by atoms with E-state index in [4.69, 9.17) is 28.3 Å². The minimum absolute atomic E-state index is 0.0659. The van der Waals surface area contributed by atoms with E-state index in [0.717, 1.165) is 5.56 Å². The van der Waals surface area contributed by atoms with Gasteiger partial charge in [0, 0.05) is 22.5 Å². The summed E-state index contributed by atoms with van der Waals surface area (Å²) in [6, 6.07) is 5.28. The molecule has 0 heterocycles. The van der Waals surface area contributed by atoms with Gasteiger partial charge < -0.3 is 10.4 Å². The van der Waals surface area contributed by atoms with E-state index in [9.17, 15) is 9.59 Å². The minimum atomic E-state index is -0.807. The van der Waals surface area contributed by atoms with Crippen molar-refractivity contribution in [2.75, 3.05) is 6.54 Å². The van der Waals surface area contributed by atoms with E-state index in [2.05, 4.69) is 5.32 Å². The number of aliphatic carboxylic acids is 1. The molecular weight excluding hydrogens is 313 g/mol. The number of nitrogens with one attached hydrogen (secondary N) is 1. The Kier molecular flexibility index (Phi) is 5.48. The third kappa shape index (κ3) is 4.35. The van der Waals surface area contributed by atoms with Gasteiger partial charge in [-0.05, 0) is 43.4 Å². The Labute approximate surface area is 133 Å². The number of carboxylic acids is 1. The molecule has 1 amide bonds. The summed E-state index contributed by atoms with van der Waals surface area (Å²) in [5.41, 5.74) is 0.927. The zero-order valence-electron chi connectivity index (χ0n) is 11.4. The van der Waals surface area contributed by atoms with Crippen LogP contribution in [0.3, 0.4) is 0 Å². The highest BCUT2D eigenvalue weighted by Gasteiger charge is 2.33. The third-order valence-corrected chi connectivity index (χ3v) is 4.45. The van der Waals surface area contributed by atoms with Crippen LogP contribution in [-0.2, 0) is 16.0 Å². The summed E-state index contributed by atoms with van der Waals surface area (Å²) in [4.78, 5) is 22.9. The van der Waals surface area contributed by atoms with Crippen molar-refractivity contribution < 1.29 is 14.7 Å². The molecule has 1 aromatic rings. The van der Waals surface area contributed by atoms with Gasteiger partial charge >= 0.3 is 5.97 Å².